The molecule has 24 heavy (non-hydrogen) atoms. The maximum atomic E-state index is 13.1. The van der Waals surface area contributed by atoms with Crippen LogP contribution in [0.3, 0.4) is 0 Å². The molecule has 2 aromatic rings. The predicted octanol–water partition coefficient (Wildman–Crippen LogP) is 2.07. The van der Waals surface area contributed by atoms with Crippen molar-refractivity contribution in [3.05, 3.63) is 60.2 Å². The monoisotopic (exact) mass is 329 g/mol. The first-order valence-corrected chi connectivity index (χ1v) is 7.45. The lowest BCUT2D eigenvalue weighted by atomic mass is 9.97. The maximum absolute atomic E-state index is 13.1. The highest BCUT2D eigenvalue weighted by Gasteiger charge is 2.49. The van der Waals surface area contributed by atoms with Crippen molar-refractivity contribution in [1.29, 1.82) is 0 Å². The fourth-order valence-corrected chi connectivity index (χ4v) is 2.54. The third-order valence-corrected chi connectivity index (χ3v) is 3.83. The molecule has 0 saturated carbocycles. The summed E-state index contributed by atoms with van der Waals surface area (Å²) in [5.41, 5.74) is -0.728. The molecule has 6 nitrogen and oxygen atoms in total. The number of aromatic nitrogens is 1. The van der Waals surface area contributed by atoms with Gasteiger partial charge in [0.2, 0.25) is 0 Å². The van der Waals surface area contributed by atoms with Gasteiger partial charge in [-0.3, -0.25) is 14.7 Å². The number of rotatable bonds is 5. The number of carbonyl (C=O) groups is 2. The van der Waals surface area contributed by atoms with Crippen LogP contribution in [0.5, 0.6) is 5.75 Å². The van der Waals surface area contributed by atoms with Gasteiger partial charge in [-0.1, -0.05) is 12.1 Å². The summed E-state index contributed by atoms with van der Waals surface area (Å²) in [6.45, 7) is 1.74. The summed E-state index contributed by atoms with van der Waals surface area (Å²) in [6.07, 6.45) is 1.57. The molecule has 1 saturated heterocycles. The minimum atomic E-state index is -1.20. The van der Waals surface area contributed by atoms with E-state index in [-0.39, 0.29) is 13.2 Å². The van der Waals surface area contributed by atoms with Gasteiger partial charge in [-0.15, -0.1) is 0 Å². The van der Waals surface area contributed by atoms with E-state index in [2.05, 4.69) is 10.3 Å². The van der Waals surface area contributed by atoms with Crippen LogP contribution >= 0.6 is 0 Å². The number of nitrogens with zero attached hydrogens (tertiary/aromatic N) is 2. The second-order valence-corrected chi connectivity index (χ2v) is 5.53. The lowest BCUT2D eigenvalue weighted by molar-refractivity contribution is -0.131. The Balaban J connectivity index is 1.67. The van der Waals surface area contributed by atoms with Crippen molar-refractivity contribution in [2.24, 2.45) is 0 Å². The first kappa shape index (κ1) is 15.9. The van der Waals surface area contributed by atoms with E-state index in [0.717, 1.165) is 4.90 Å². The quantitative estimate of drug-likeness (QED) is 0.853. The van der Waals surface area contributed by atoms with E-state index < -0.39 is 23.3 Å². The number of hydrogen-bond donors (Lipinski definition) is 1. The third-order valence-electron chi connectivity index (χ3n) is 3.83. The van der Waals surface area contributed by atoms with Crippen molar-refractivity contribution in [3.8, 4) is 5.75 Å². The first-order valence-electron chi connectivity index (χ1n) is 7.45. The van der Waals surface area contributed by atoms with E-state index in [1.54, 1.807) is 37.4 Å². The molecule has 1 atom stereocenters. The van der Waals surface area contributed by atoms with Gasteiger partial charge in [0.1, 0.15) is 18.2 Å². The number of pyridine rings is 1. The van der Waals surface area contributed by atoms with Gasteiger partial charge in [0.15, 0.2) is 5.54 Å². The Morgan fingerprint density at radius 3 is 2.79 bits per heavy atom. The van der Waals surface area contributed by atoms with Gasteiger partial charge in [-0.25, -0.2) is 9.18 Å². The molecular weight excluding hydrogens is 313 g/mol. The number of halogens is 1. The fraction of sp³-hybridized carbons (Fsp3) is 0.235. The van der Waals surface area contributed by atoms with Gasteiger partial charge in [0.25, 0.3) is 5.91 Å². The standard InChI is InChI=1S/C17H16FN3O3/c1-17(14-7-2-3-8-19-14)15(22)21(16(23)20-17)9-10-24-13-6-4-5-12(18)11-13/h2-8,11H,9-10H2,1H3,(H,20,23)/t17-/m0/s1. The van der Waals surface area contributed by atoms with Gasteiger partial charge >= 0.3 is 6.03 Å². The minimum absolute atomic E-state index is 0.0591. The Labute approximate surface area is 138 Å². The largest absolute Gasteiger partial charge is 0.492 e. The molecule has 3 amide bonds. The van der Waals surface area contributed by atoms with Crippen LogP contribution in [-0.2, 0) is 10.3 Å². The average Bonchev–Trinajstić information content (AvgIpc) is 2.80. The summed E-state index contributed by atoms with van der Waals surface area (Å²) in [6, 6.07) is 10.3. The van der Waals surface area contributed by atoms with Crippen LogP contribution in [0.2, 0.25) is 0 Å². The molecule has 3 rings (SSSR count). The van der Waals surface area contributed by atoms with Crippen LogP contribution in [0, 0.1) is 5.82 Å². The lowest BCUT2D eigenvalue weighted by Gasteiger charge is -2.20. The van der Waals surface area contributed by atoms with E-state index in [4.69, 9.17) is 4.74 Å². The summed E-state index contributed by atoms with van der Waals surface area (Å²) in [5.74, 6) is -0.464. The van der Waals surface area contributed by atoms with E-state index in [1.807, 2.05) is 0 Å². The Morgan fingerprint density at radius 1 is 1.25 bits per heavy atom. The second-order valence-electron chi connectivity index (χ2n) is 5.53. The lowest BCUT2D eigenvalue weighted by Crippen LogP contribution is -2.42. The van der Waals surface area contributed by atoms with Crippen molar-refractivity contribution in [3.63, 3.8) is 0 Å². The highest BCUT2D eigenvalue weighted by Crippen LogP contribution is 2.27. The number of benzene rings is 1. The number of ether oxygens (including phenoxy) is 1. The molecule has 0 unspecified atom stereocenters. The molecule has 1 aliphatic rings. The zero-order chi connectivity index (χ0) is 17.2. The summed E-state index contributed by atoms with van der Waals surface area (Å²) in [4.78, 5) is 30.0. The van der Waals surface area contributed by atoms with Crippen LogP contribution in [0.15, 0.2) is 48.7 Å². The average molecular weight is 329 g/mol. The van der Waals surface area contributed by atoms with Crippen LogP contribution in [-0.4, -0.2) is 35.0 Å². The smallest absolute Gasteiger partial charge is 0.325 e. The van der Waals surface area contributed by atoms with Gasteiger partial charge in [-0.05, 0) is 31.2 Å². The van der Waals surface area contributed by atoms with Crippen LogP contribution in [0.4, 0.5) is 9.18 Å². The molecule has 7 heteroatoms. The van der Waals surface area contributed by atoms with Crippen molar-refractivity contribution in [1.82, 2.24) is 15.2 Å². The molecule has 1 aromatic heterocycles. The number of nitrogens with one attached hydrogen (secondary N) is 1. The summed E-state index contributed by atoms with van der Waals surface area (Å²) in [7, 11) is 0. The van der Waals surface area contributed by atoms with Gasteiger partial charge in [0.05, 0.1) is 12.2 Å². The molecule has 0 radical (unpaired) electrons. The number of carbonyl (C=O) groups excluding carboxylic acids is 2. The fourth-order valence-electron chi connectivity index (χ4n) is 2.54. The number of hydrogen-bond acceptors (Lipinski definition) is 4. The van der Waals surface area contributed by atoms with Gasteiger partial charge in [-0.2, -0.15) is 0 Å². The molecule has 124 valence electrons. The predicted molar refractivity (Wildman–Crippen MR) is 83.7 cm³/mol. The summed E-state index contributed by atoms with van der Waals surface area (Å²) < 4.78 is 18.5. The Kier molecular flexibility index (Phi) is 4.16. The zero-order valence-corrected chi connectivity index (χ0v) is 13.0. The van der Waals surface area contributed by atoms with Crippen molar-refractivity contribution in [2.45, 2.75) is 12.5 Å². The third kappa shape index (κ3) is 2.92. The Hall–Kier alpha value is -2.96. The molecule has 2 heterocycles. The maximum Gasteiger partial charge on any atom is 0.325 e. The molecule has 1 fully saturated rings. The normalized spacial score (nSPS) is 20.2. The zero-order valence-electron chi connectivity index (χ0n) is 13.0. The second kappa shape index (κ2) is 6.27. The SMILES string of the molecule is C[C@@]1(c2ccccn2)NC(=O)N(CCOc2cccc(F)c2)C1=O. The molecule has 1 aliphatic heterocycles. The van der Waals surface area contributed by atoms with E-state index >= 15 is 0 Å². The van der Waals surface area contributed by atoms with Crippen LogP contribution in [0.25, 0.3) is 0 Å². The highest BCUT2D eigenvalue weighted by atomic mass is 19.1. The topological polar surface area (TPSA) is 71.5 Å². The summed E-state index contributed by atoms with van der Waals surface area (Å²) >= 11 is 0. The molecule has 0 aliphatic carbocycles. The molecular formula is C17H16FN3O3. The van der Waals surface area contributed by atoms with Crippen LogP contribution in [0.1, 0.15) is 12.6 Å². The van der Waals surface area contributed by atoms with Crippen molar-refractivity contribution < 1.29 is 18.7 Å². The Morgan fingerprint density at radius 2 is 2.08 bits per heavy atom. The van der Waals surface area contributed by atoms with Crippen molar-refractivity contribution in [2.75, 3.05) is 13.2 Å². The number of amides is 3. The number of imide groups is 1. The molecule has 1 N–H and O–H groups in total. The molecule has 0 bridgehead atoms. The van der Waals surface area contributed by atoms with Crippen molar-refractivity contribution >= 4 is 11.9 Å². The first-order chi connectivity index (χ1) is 11.5. The van der Waals surface area contributed by atoms with Crippen LogP contribution < -0.4 is 10.1 Å². The highest BCUT2D eigenvalue weighted by molar-refractivity contribution is 6.06. The minimum Gasteiger partial charge on any atom is -0.492 e. The summed E-state index contributed by atoms with van der Waals surface area (Å²) in [5, 5.41) is 2.66. The molecule has 0 spiro atoms. The van der Waals surface area contributed by atoms with E-state index in [0.29, 0.717) is 11.4 Å². The molecule has 1 aromatic carbocycles. The van der Waals surface area contributed by atoms with Gasteiger partial charge in [0, 0.05) is 12.3 Å². The van der Waals surface area contributed by atoms with E-state index in [1.165, 1.54) is 18.2 Å². The van der Waals surface area contributed by atoms with E-state index in [9.17, 15) is 14.0 Å². The number of urea groups is 1. The Bertz CT molecular complexity index is 769. The van der Waals surface area contributed by atoms with Gasteiger partial charge < -0.3 is 10.1 Å².